The molecule has 1 aromatic heterocycles. The van der Waals surface area contributed by atoms with Gasteiger partial charge in [0.05, 0.1) is 17.6 Å². The van der Waals surface area contributed by atoms with Crippen LogP contribution in [0.3, 0.4) is 0 Å². The predicted octanol–water partition coefficient (Wildman–Crippen LogP) is 4.37. The van der Waals surface area contributed by atoms with Crippen LogP contribution in [-0.4, -0.2) is 9.55 Å². The highest BCUT2D eigenvalue weighted by molar-refractivity contribution is 9.11. The Morgan fingerprint density at radius 3 is 2.93 bits per heavy atom. The fraction of sp³-hybridized carbons (Fsp3) is 0.100. The van der Waals surface area contributed by atoms with Crippen molar-refractivity contribution in [1.29, 1.82) is 0 Å². The number of imidazole rings is 1. The molecular weight excluding hydrogens is 340 g/mol. The van der Waals surface area contributed by atoms with Gasteiger partial charge in [0.2, 0.25) is 0 Å². The first-order chi connectivity index (χ1) is 7.08. The summed E-state index contributed by atoms with van der Waals surface area (Å²) in [6.45, 7) is 4.50. The highest BCUT2D eigenvalue weighted by atomic mass is 79.9. The molecule has 0 unspecified atom stereocenters. The first kappa shape index (κ1) is 11.1. The van der Waals surface area contributed by atoms with E-state index < -0.39 is 0 Å². The van der Waals surface area contributed by atoms with Gasteiger partial charge in [-0.15, -0.1) is 0 Å². The molecule has 0 bridgehead atoms. The number of nitrogens with zero attached hydrogens (tertiary/aromatic N) is 1. The van der Waals surface area contributed by atoms with Crippen LogP contribution in [0.2, 0.25) is 0 Å². The maximum absolute atomic E-state index is 5.24. The molecule has 0 fully saturated rings. The topological polar surface area (TPSA) is 20.7 Å². The number of aromatic nitrogens is 2. The van der Waals surface area contributed by atoms with Crippen molar-refractivity contribution in [2.75, 3.05) is 0 Å². The Labute approximate surface area is 109 Å². The molecule has 2 nitrogen and oxygen atoms in total. The van der Waals surface area contributed by atoms with E-state index in [1.165, 1.54) is 0 Å². The zero-order valence-corrected chi connectivity index (χ0v) is 11.7. The Morgan fingerprint density at radius 2 is 2.27 bits per heavy atom. The summed E-state index contributed by atoms with van der Waals surface area (Å²) in [5.74, 6) is 0. The molecule has 78 valence electrons. The van der Waals surface area contributed by atoms with E-state index in [-0.39, 0.29) is 0 Å². The molecule has 15 heavy (non-hydrogen) atoms. The molecule has 0 saturated carbocycles. The van der Waals surface area contributed by atoms with E-state index in [1.807, 2.05) is 22.8 Å². The fourth-order valence-corrected chi connectivity index (χ4v) is 2.33. The molecule has 0 aliphatic carbocycles. The van der Waals surface area contributed by atoms with Crippen LogP contribution in [0.25, 0.3) is 11.0 Å². The summed E-state index contributed by atoms with van der Waals surface area (Å²) in [6, 6.07) is 6.03. The molecule has 0 radical (unpaired) electrons. The number of halogens is 2. The van der Waals surface area contributed by atoms with E-state index in [4.69, 9.17) is 12.2 Å². The molecule has 1 heterocycles. The van der Waals surface area contributed by atoms with Crippen LogP contribution in [0.1, 0.15) is 0 Å². The highest BCUT2D eigenvalue weighted by Gasteiger charge is 2.04. The summed E-state index contributed by atoms with van der Waals surface area (Å²) in [4.78, 5) is 3.15. The van der Waals surface area contributed by atoms with Crippen LogP contribution in [0.5, 0.6) is 0 Å². The van der Waals surface area contributed by atoms with Gasteiger partial charge < -0.3 is 9.55 Å². The number of hydrogen-bond acceptors (Lipinski definition) is 1. The molecule has 0 saturated heterocycles. The number of hydrogen-bond donors (Lipinski definition) is 1. The molecule has 1 N–H and O–H groups in total. The van der Waals surface area contributed by atoms with Gasteiger partial charge in [0.1, 0.15) is 0 Å². The normalized spacial score (nSPS) is 10.8. The lowest BCUT2D eigenvalue weighted by Gasteiger charge is -2.02. The zero-order valence-electron chi connectivity index (χ0n) is 7.76. The second kappa shape index (κ2) is 4.23. The van der Waals surface area contributed by atoms with Crippen LogP contribution in [0, 0.1) is 4.77 Å². The van der Waals surface area contributed by atoms with E-state index in [0.717, 1.165) is 20.0 Å². The summed E-state index contributed by atoms with van der Waals surface area (Å²) >= 11 is 12.0. The third kappa shape index (κ3) is 2.24. The van der Waals surface area contributed by atoms with Gasteiger partial charge in [-0.2, -0.15) is 0 Å². The molecular formula is C10H8Br2N2S. The molecule has 0 atom stereocenters. The molecule has 0 spiro atoms. The van der Waals surface area contributed by atoms with E-state index in [2.05, 4.69) is 43.4 Å². The van der Waals surface area contributed by atoms with Crippen molar-refractivity contribution in [2.45, 2.75) is 6.54 Å². The first-order valence-corrected chi connectivity index (χ1v) is 6.28. The lowest BCUT2D eigenvalue weighted by Crippen LogP contribution is -1.96. The molecule has 5 heteroatoms. The zero-order chi connectivity index (χ0) is 11.0. The van der Waals surface area contributed by atoms with E-state index in [1.54, 1.807) is 0 Å². The van der Waals surface area contributed by atoms with Gasteiger partial charge >= 0.3 is 0 Å². The SMILES string of the molecule is C=C(Br)Cn1c(=S)[nH]c2ccc(Br)cc21. The maximum Gasteiger partial charge on any atom is 0.178 e. The first-order valence-electron chi connectivity index (χ1n) is 4.29. The third-order valence-electron chi connectivity index (χ3n) is 2.07. The van der Waals surface area contributed by atoms with Gasteiger partial charge in [0.15, 0.2) is 4.77 Å². The van der Waals surface area contributed by atoms with Gasteiger partial charge in [-0.25, -0.2) is 0 Å². The fourth-order valence-electron chi connectivity index (χ4n) is 1.45. The van der Waals surface area contributed by atoms with Crippen molar-refractivity contribution in [2.24, 2.45) is 0 Å². The largest absolute Gasteiger partial charge is 0.331 e. The van der Waals surface area contributed by atoms with Crippen molar-refractivity contribution < 1.29 is 0 Å². The van der Waals surface area contributed by atoms with Crippen LogP contribution in [0.4, 0.5) is 0 Å². The smallest absolute Gasteiger partial charge is 0.178 e. The number of H-pyrrole nitrogens is 1. The average Bonchev–Trinajstić information content (AvgIpc) is 2.43. The maximum atomic E-state index is 5.24. The van der Waals surface area contributed by atoms with Gasteiger partial charge in [-0.05, 0) is 30.4 Å². The standard InChI is InChI=1S/C10H8Br2N2S/c1-6(11)5-14-9-4-7(12)2-3-8(9)13-10(14)15/h2-4H,1,5H2,(H,13,15). The van der Waals surface area contributed by atoms with Gasteiger partial charge in [0.25, 0.3) is 0 Å². The van der Waals surface area contributed by atoms with Gasteiger partial charge in [0, 0.05) is 8.96 Å². The summed E-state index contributed by atoms with van der Waals surface area (Å²) in [7, 11) is 0. The summed E-state index contributed by atoms with van der Waals surface area (Å²) < 4.78 is 4.66. The minimum atomic E-state index is 0.676. The molecule has 1 aromatic carbocycles. The van der Waals surface area contributed by atoms with Crippen molar-refractivity contribution >= 4 is 55.1 Å². The minimum absolute atomic E-state index is 0.676. The van der Waals surface area contributed by atoms with Crippen LogP contribution in [-0.2, 0) is 6.54 Å². The van der Waals surface area contributed by atoms with Crippen molar-refractivity contribution in [3.05, 3.63) is 38.5 Å². The number of rotatable bonds is 2. The second-order valence-electron chi connectivity index (χ2n) is 3.20. The second-order valence-corrected chi connectivity index (χ2v) is 5.62. The Hall–Kier alpha value is -0.390. The van der Waals surface area contributed by atoms with Crippen molar-refractivity contribution in [3.8, 4) is 0 Å². The Balaban J connectivity index is 2.70. The summed E-state index contributed by atoms with van der Waals surface area (Å²) in [6.07, 6.45) is 0. The predicted molar refractivity (Wildman–Crippen MR) is 72.9 cm³/mol. The summed E-state index contributed by atoms with van der Waals surface area (Å²) in [5.41, 5.74) is 2.12. The summed E-state index contributed by atoms with van der Waals surface area (Å²) in [5, 5.41) is 0. The van der Waals surface area contributed by atoms with E-state index >= 15 is 0 Å². The minimum Gasteiger partial charge on any atom is -0.331 e. The van der Waals surface area contributed by atoms with Crippen molar-refractivity contribution in [1.82, 2.24) is 9.55 Å². The van der Waals surface area contributed by atoms with Gasteiger partial charge in [-0.3, -0.25) is 0 Å². The highest BCUT2D eigenvalue weighted by Crippen LogP contribution is 2.21. The van der Waals surface area contributed by atoms with Crippen LogP contribution < -0.4 is 0 Å². The Kier molecular flexibility index (Phi) is 3.13. The molecule has 0 aliphatic heterocycles. The lowest BCUT2D eigenvalue weighted by atomic mass is 10.3. The van der Waals surface area contributed by atoms with E-state index in [9.17, 15) is 0 Å². The average molecular weight is 348 g/mol. The molecule has 0 aliphatic rings. The monoisotopic (exact) mass is 346 g/mol. The van der Waals surface area contributed by atoms with Crippen LogP contribution in [0.15, 0.2) is 33.7 Å². The number of allylic oxidation sites excluding steroid dienone is 1. The molecule has 0 amide bonds. The number of benzene rings is 1. The Morgan fingerprint density at radius 1 is 1.53 bits per heavy atom. The third-order valence-corrected chi connectivity index (χ3v) is 3.13. The number of fused-ring (bicyclic) bond motifs is 1. The molecule has 2 aromatic rings. The molecule has 2 rings (SSSR count). The van der Waals surface area contributed by atoms with E-state index in [0.29, 0.717) is 11.3 Å². The van der Waals surface area contributed by atoms with Crippen molar-refractivity contribution in [3.63, 3.8) is 0 Å². The lowest BCUT2D eigenvalue weighted by molar-refractivity contribution is 0.829. The van der Waals surface area contributed by atoms with Gasteiger partial charge in [-0.1, -0.05) is 38.4 Å². The quantitative estimate of drug-likeness (QED) is 0.800. The number of nitrogens with one attached hydrogen (secondary N) is 1. The van der Waals surface area contributed by atoms with Crippen LogP contribution >= 0.6 is 44.1 Å². The number of aromatic amines is 1. The Bertz CT molecular complexity index is 583.